The van der Waals surface area contributed by atoms with Crippen LogP contribution in [-0.4, -0.2) is 11.9 Å². The molecule has 2 aromatic rings. The predicted molar refractivity (Wildman–Crippen MR) is 330 cm³/mol. The monoisotopic (exact) mass is 999 g/mol. The van der Waals surface area contributed by atoms with E-state index in [2.05, 4.69) is 93.0 Å². The van der Waals surface area contributed by atoms with Crippen molar-refractivity contribution >= 4 is 23.3 Å². The Kier molecular flexibility index (Phi) is 48.6. The van der Waals surface area contributed by atoms with Gasteiger partial charge in [0.05, 0.1) is 17.1 Å². The Bertz CT molecular complexity index is 1640. The maximum absolute atomic E-state index is 5.02. The molecular weight excluding hydrogens is 881 g/mol. The van der Waals surface area contributed by atoms with Gasteiger partial charge in [-0.3, -0.25) is 9.98 Å². The van der Waals surface area contributed by atoms with Crippen LogP contribution in [0.4, 0.5) is 11.4 Å². The van der Waals surface area contributed by atoms with Crippen molar-refractivity contribution < 1.29 is 0 Å². The number of hydrogen-bond acceptors (Lipinski definition) is 2. The molecule has 0 unspecified atom stereocenters. The largest absolute Gasteiger partial charge is 0.255 e. The quantitative estimate of drug-likeness (QED) is 0.0358. The standard InChI is InChI=1S/C71H118N2/c1-4-7-10-12-14-16-18-20-22-24-26-28-30-32-34-36-38-40-42-44-46-48-50-53-55-67-58-62-69(63-59-67)72-66-71(57-52-9-6-3)73-70-64-60-68(61-65-70)56-54-51-49-47-45-43-41-39-37-35-33-31-29-27-25-23-21-19-17-15-13-11-8-5-2/h58-66H,4-52,57H2,1-3H3. The number of rotatable bonds is 51. The van der Waals surface area contributed by atoms with Crippen molar-refractivity contribution in [3.8, 4) is 23.7 Å². The zero-order valence-electron chi connectivity index (χ0n) is 48.9. The Hall–Kier alpha value is -3.10. The van der Waals surface area contributed by atoms with Gasteiger partial charge in [-0.1, -0.05) is 327 Å². The zero-order valence-corrected chi connectivity index (χ0v) is 48.9. The van der Waals surface area contributed by atoms with Gasteiger partial charge in [0.2, 0.25) is 0 Å². The van der Waals surface area contributed by atoms with Crippen LogP contribution in [0.5, 0.6) is 0 Å². The summed E-state index contributed by atoms with van der Waals surface area (Å²) in [4.78, 5) is 9.85. The third-order valence-corrected chi connectivity index (χ3v) is 15.2. The van der Waals surface area contributed by atoms with Gasteiger partial charge in [-0.25, -0.2) is 0 Å². The molecule has 0 aliphatic carbocycles. The molecule has 0 aliphatic rings. The highest BCUT2D eigenvalue weighted by molar-refractivity contribution is 6.31. The second kappa shape index (κ2) is 53.7. The highest BCUT2D eigenvalue weighted by Crippen LogP contribution is 2.20. The Morgan fingerprint density at radius 1 is 0.301 bits per heavy atom. The third kappa shape index (κ3) is 44.9. The van der Waals surface area contributed by atoms with Crippen molar-refractivity contribution in [1.29, 1.82) is 0 Å². The smallest absolute Gasteiger partial charge is 0.0634 e. The van der Waals surface area contributed by atoms with Crippen LogP contribution in [0.25, 0.3) is 0 Å². The molecule has 2 heteroatoms. The van der Waals surface area contributed by atoms with Gasteiger partial charge in [0.25, 0.3) is 0 Å². The lowest BCUT2D eigenvalue weighted by atomic mass is 10.0. The Balaban J connectivity index is 1.49. The van der Waals surface area contributed by atoms with Crippen molar-refractivity contribution in [2.24, 2.45) is 9.98 Å². The van der Waals surface area contributed by atoms with Crippen LogP contribution in [0.1, 0.15) is 353 Å². The topological polar surface area (TPSA) is 24.7 Å². The van der Waals surface area contributed by atoms with E-state index in [1.807, 2.05) is 6.21 Å². The lowest BCUT2D eigenvalue weighted by Gasteiger charge is -2.04. The average molecular weight is 1000 g/mol. The van der Waals surface area contributed by atoms with Crippen molar-refractivity contribution in [3.05, 3.63) is 59.7 Å². The minimum atomic E-state index is 0.932. The Morgan fingerprint density at radius 3 is 0.836 bits per heavy atom. The number of unbranched alkanes of at least 4 members (excludes halogenated alkanes) is 46. The van der Waals surface area contributed by atoms with Crippen LogP contribution in [0.2, 0.25) is 0 Å². The fraction of sp³-hybridized carbons (Fsp3) is 0.746. The first-order chi connectivity index (χ1) is 36.2. The summed E-state index contributed by atoms with van der Waals surface area (Å²) in [5.41, 5.74) is 5.10. The molecule has 0 aliphatic heterocycles. The molecule has 412 valence electrons. The first-order valence-electron chi connectivity index (χ1n) is 32.5. The van der Waals surface area contributed by atoms with E-state index in [1.165, 1.54) is 295 Å². The summed E-state index contributed by atoms with van der Waals surface area (Å²) in [5, 5.41) is 0. The molecule has 0 radical (unpaired) electrons. The summed E-state index contributed by atoms with van der Waals surface area (Å²) in [5.74, 6) is 13.6. The number of benzene rings is 2. The van der Waals surface area contributed by atoms with E-state index >= 15 is 0 Å². The van der Waals surface area contributed by atoms with Gasteiger partial charge in [-0.2, -0.15) is 0 Å². The van der Waals surface area contributed by atoms with Crippen LogP contribution in [0.3, 0.4) is 0 Å². The van der Waals surface area contributed by atoms with Crippen LogP contribution >= 0.6 is 0 Å². The molecule has 0 amide bonds. The van der Waals surface area contributed by atoms with Gasteiger partial charge in [0.1, 0.15) is 0 Å². The number of aliphatic imine (C=N–C) groups is 2. The fourth-order valence-electron chi connectivity index (χ4n) is 10.2. The molecular formula is C71H118N2. The van der Waals surface area contributed by atoms with Crippen LogP contribution in [0, 0.1) is 23.7 Å². The molecule has 0 saturated heterocycles. The molecule has 2 rings (SSSR count). The van der Waals surface area contributed by atoms with Gasteiger partial charge in [0.15, 0.2) is 0 Å². The molecule has 0 bridgehead atoms. The molecule has 2 aromatic carbocycles. The van der Waals surface area contributed by atoms with E-state index in [1.54, 1.807) is 0 Å². The molecule has 0 aromatic heterocycles. The molecule has 0 N–H and O–H groups in total. The molecule has 2 nitrogen and oxygen atoms in total. The van der Waals surface area contributed by atoms with E-state index in [0.29, 0.717) is 0 Å². The minimum absolute atomic E-state index is 0.932. The lowest BCUT2D eigenvalue weighted by Crippen LogP contribution is -1.99. The van der Waals surface area contributed by atoms with E-state index in [0.717, 1.165) is 53.9 Å². The first kappa shape index (κ1) is 66.0. The summed E-state index contributed by atoms with van der Waals surface area (Å²) >= 11 is 0. The highest BCUT2D eigenvalue weighted by atomic mass is 14.8. The van der Waals surface area contributed by atoms with Crippen LogP contribution in [-0.2, 0) is 0 Å². The van der Waals surface area contributed by atoms with Gasteiger partial charge in [-0.05, 0) is 74.2 Å². The summed E-state index contributed by atoms with van der Waals surface area (Å²) in [6.45, 7) is 6.86. The molecule has 0 atom stereocenters. The second-order valence-corrected chi connectivity index (χ2v) is 22.4. The normalized spacial score (nSPS) is 11.6. The fourth-order valence-corrected chi connectivity index (χ4v) is 10.2. The Morgan fingerprint density at radius 2 is 0.548 bits per heavy atom. The number of nitrogens with zero attached hydrogens (tertiary/aromatic N) is 2. The summed E-state index contributed by atoms with van der Waals surface area (Å²) in [6.07, 6.45) is 71.1. The first-order valence-corrected chi connectivity index (χ1v) is 32.5. The van der Waals surface area contributed by atoms with Gasteiger partial charge in [0, 0.05) is 30.2 Å². The molecule has 0 heterocycles. The van der Waals surface area contributed by atoms with E-state index < -0.39 is 0 Å². The molecule has 73 heavy (non-hydrogen) atoms. The van der Waals surface area contributed by atoms with Crippen molar-refractivity contribution in [3.63, 3.8) is 0 Å². The predicted octanol–water partition coefficient (Wildman–Crippen LogP) is 24.4. The molecule has 0 saturated carbocycles. The zero-order chi connectivity index (χ0) is 51.8. The third-order valence-electron chi connectivity index (χ3n) is 15.2. The summed E-state index contributed by atoms with van der Waals surface area (Å²) in [7, 11) is 0. The maximum atomic E-state index is 5.02. The van der Waals surface area contributed by atoms with E-state index in [-0.39, 0.29) is 0 Å². The van der Waals surface area contributed by atoms with E-state index in [4.69, 9.17) is 9.98 Å². The Labute approximate surface area is 456 Å². The van der Waals surface area contributed by atoms with Gasteiger partial charge >= 0.3 is 0 Å². The molecule has 0 spiro atoms. The van der Waals surface area contributed by atoms with Crippen molar-refractivity contribution in [1.82, 2.24) is 0 Å². The minimum Gasteiger partial charge on any atom is -0.255 e. The van der Waals surface area contributed by atoms with Crippen LogP contribution < -0.4 is 0 Å². The average Bonchev–Trinajstić information content (AvgIpc) is 3.41. The van der Waals surface area contributed by atoms with Crippen LogP contribution in [0.15, 0.2) is 58.5 Å². The lowest BCUT2D eigenvalue weighted by molar-refractivity contribution is 0.519. The maximum Gasteiger partial charge on any atom is 0.0634 e. The second-order valence-electron chi connectivity index (χ2n) is 22.4. The van der Waals surface area contributed by atoms with Gasteiger partial charge < -0.3 is 0 Å². The van der Waals surface area contributed by atoms with Crippen molar-refractivity contribution in [2.75, 3.05) is 0 Å². The van der Waals surface area contributed by atoms with E-state index in [9.17, 15) is 0 Å². The highest BCUT2D eigenvalue weighted by Gasteiger charge is 2.02. The van der Waals surface area contributed by atoms with Gasteiger partial charge in [-0.15, -0.1) is 0 Å². The SMILES string of the molecule is CCCCCCCCCCCCCCCCCCCCCCCCC#Cc1ccc(N=CC(CCCCC)=Nc2ccc(C#CCCCCCCCCCCCCCCCCCCCCCCCC)cc2)cc1. The molecule has 0 fully saturated rings. The number of hydrogen-bond donors (Lipinski definition) is 0. The summed E-state index contributed by atoms with van der Waals surface area (Å²) in [6, 6.07) is 16.8. The summed E-state index contributed by atoms with van der Waals surface area (Å²) < 4.78 is 0. The van der Waals surface area contributed by atoms with Crippen molar-refractivity contribution in [2.45, 2.75) is 342 Å².